The van der Waals surface area contributed by atoms with Gasteiger partial charge in [0.1, 0.15) is 0 Å². The van der Waals surface area contributed by atoms with E-state index < -0.39 is 17.8 Å². The summed E-state index contributed by atoms with van der Waals surface area (Å²) in [5.74, 6) is -1.42. The molecule has 2 aromatic carbocycles. The third-order valence-electron chi connectivity index (χ3n) is 3.99. The maximum atomic E-state index is 12.6. The Morgan fingerprint density at radius 1 is 1.12 bits per heavy atom. The normalized spacial score (nSPS) is 13.5. The van der Waals surface area contributed by atoms with Crippen molar-refractivity contribution < 1.29 is 19.1 Å². The smallest absolute Gasteiger partial charge is 0.340 e. The molecule has 1 aromatic heterocycles. The molecule has 118 valence electrons. The van der Waals surface area contributed by atoms with Gasteiger partial charge in [0.25, 0.3) is 11.8 Å². The van der Waals surface area contributed by atoms with Crippen molar-refractivity contribution in [1.29, 1.82) is 0 Å². The lowest BCUT2D eigenvalue weighted by Gasteiger charge is -2.15. The quantitative estimate of drug-likeness (QED) is 0.577. The van der Waals surface area contributed by atoms with Crippen molar-refractivity contribution in [1.82, 2.24) is 10.2 Å². The number of methoxy groups -OCH3 is 1. The molecule has 2 heterocycles. The maximum absolute atomic E-state index is 12.6. The second-order valence-electron chi connectivity index (χ2n) is 5.31. The zero-order valence-electron chi connectivity index (χ0n) is 12.6. The molecule has 24 heavy (non-hydrogen) atoms. The minimum atomic E-state index is -0.581. The molecular weight excluding hydrogens is 310 g/mol. The Morgan fingerprint density at radius 2 is 1.79 bits per heavy atom. The molecule has 0 bridgehead atoms. The maximum Gasteiger partial charge on any atom is 0.340 e. The first-order valence-electron chi connectivity index (χ1n) is 7.15. The second kappa shape index (κ2) is 5.02. The highest BCUT2D eigenvalue weighted by molar-refractivity contribution is 6.34. The van der Waals surface area contributed by atoms with Crippen LogP contribution in [0, 0.1) is 0 Å². The van der Waals surface area contributed by atoms with Crippen LogP contribution in [0.1, 0.15) is 31.1 Å². The van der Waals surface area contributed by atoms with Crippen LogP contribution < -0.4 is 4.90 Å². The fourth-order valence-electron chi connectivity index (χ4n) is 2.87. The molecule has 1 aliphatic rings. The SMILES string of the molecule is COC(=O)c1cc(N2C(=O)c3ccccc3C2=O)cc2cn[nH]c12. The van der Waals surface area contributed by atoms with Crippen molar-refractivity contribution in [3.63, 3.8) is 0 Å². The van der Waals surface area contributed by atoms with Crippen LogP contribution in [0.25, 0.3) is 10.9 Å². The zero-order valence-corrected chi connectivity index (χ0v) is 12.6. The number of amides is 2. The fourth-order valence-corrected chi connectivity index (χ4v) is 2.87. The molecule has 7 heteroatoms. The van der Waals surface area contributed by atoms with E-state index in [9.17, 15) is 14.4 Å². The molecule has 0 fully saturated rings. The number of imide groups is 1. The van der Waals surface area contributed by atoms with Gasteiger partial charge in [0.2, 0.25) is 0 Å². The molecule has 0 saturated heterocycles. The van der Waals surface area contributed by atoms with Crippen LogP contribution in [0.15, 0.2) is 42.6 Å². The van der Waals surface area contributed by atoms with Gasteiger partial charge in [-0.15, -0.1) is 0 Å². The first kappa shape index (κ1) is 14.1. The Bertz CT molecular complexity index is 987. The summed E-state index contributed by atoms with van der Waals surface area (Å²) in [7, 11) is 1.26. The van der Waals surface area contributed by atoms with E-state index in [1.165, 1.54) is 19.4 Å². The lowest BCUT2D eigenvalue weighted by molar-refractivity contribution is 0.0602. The summed E-state index contributed by atoms with van der Waals surface area (Å²) < 4.78 is 4.77. The van der Waals surface area contributed by atoms with Crippen LogP contribution in [0.3, 0.4) is 0 Å². The molecule has 1 aliphatic heterocycles. The lowest BCUT2D eigenvalue weighted by Crippen LogP contribution is -2.29. The number of hydrogen-bond acceptors (Lipinski definition) is 5. The Hall–Kier alpha value is -3.48. The van der Waals surface area contributed by atoms with Crippen LogP contribution in [-0.4, -0.2) is 35.1 Å². The monoisotopic (exact) mass is 321 g/mol. The molecule has 1 N–H and O–H groups in total. The third-order valence-corrected chi connectivity index (χ3v) is 3.99. The molecule has 0 spiro atoms. The molecule has 3 aromatic rings. The minimum Gasteiger partial charge on any atom is -0.465 e. The van der Waals surface area contributed by atoms with Crippen LogP contribution in [-0.2, 0) is 4.74 Å². The zero-order chi connectivity index (χ0) is 16.8. The number of fused-ring (bicyclic) bond motifs is 2. The van der Waals surface area contributed by atoms with Gasteiger partial charge in [0, 0.05) is 5.39 Å². The van der Waals surface area contributed by atoms with Crippen molar-refractivity contribution >= 4 is 34.4 Å². The van der Waals surface area contributed by atoms with Crippen molar-refractivity contribution in [3.8, 4) is 0 Å². The summed E-state index contributed by atoms with van der Waals surface area (Å²) in [6.07, 6.45) is 1.52. The largest absolute Gasteiger partial charge is 0.465 e. The number of rotatable bonds is 2. The summed E-state index contributed by atoms with van der Waals surface area (Å²) in [5.41, 5.74) is 1.68. The van der Waals surface area contributed by atoms with E-state index in [2.05, 4.69) is 10.2 Å². The van der Waals surface area contributed by atoms with E-state index in [4.69, 9.17) is 4.74 Å². The van der Waals surface area contributed by atoms with Crippen molar-refractivity contribution in [3.05, 3.63) is 59.3 Å². The standard InChI is InChI=1S/C17H11N3O4/c1-24-17(23)13-7-10(6-9-8-18-19-14(9)13)20-15(21)11-4-2-3-5-12(11)16(20)22/h2-8H,1H3,(H,18,19). The average molecular weight is 321 g/mol. The summed E-state index contributed by atoms with van der Waals surface area (Å²) >= 11 is 0. The number of esters is 1. The highest BCUT2D eigenvalue weighted by Crippen LogP contribution is 2.32. The predicted octanol–water partition coefficient (Wildman–Crippen LogP) is 2.15. The Balaban J connectivity index is 1.91. The van der Waals surface area contributed by atoms with Gasteiger partial charge in [-0.25, -0.2) is 9.69 Å². The van der Waals surface area contributed by atoms with Gasteiger partial charge in [-0.1, -0.05) is 12.1 Å². The molecule has 7 nitrogen and oxygen atoms in total. The number of aromatic amines is 1. The topological polar surface area (TPSA) is 92.4 Å². The number of nitrogens with one attached hydrogen (secondary N) is 1. The molecule has 0 radical (unpaired) electrons. The summed E-state index contributed by atoms with van der Waals surface area (Å²) in [4.78, 5) is 38.3. The van der Waals surface area contributed by atoms with E-state index in [1.54, 1.807) is 30.3 Å². The number of nitrogens with zero attached hydrogens (tertiary/aromatic N) is 2. The molecule has 0 atom stereocenters. The number of carbonyl (C=O) groups excluding carboxylic acids is 3. The van der Waals surface area contributed by atoms with Gasteiger partial charge < -0.3 is 4.74 Å². The Labute approximate surface area is 135 Å². The van der Waals surface area contributed by atoms with E-state index >= 15 is 0 Å². The van der Waals surface area contributed by atoms with Gasteiger partial charge in [0.15, 0.2) is 0 Å². The number of aromatic nitrogens is 2. The number of anilines is 1. The van der Waals surface area contributed by atoms with E-state index in [-0.39, 0.29) is 5.56 Å². The Morgan fingerprint density at radius 3 is 2.42 bits per heavy atom. The molecule has 0 saturated carbocycles. The first-order valence-corrected chi connectivity index (χ1v) is 7.15. The summed E-state index contributed by atoms with van der Waals surface area (Å²) in [5, 5.41) is 7.23. The number of H-pyrrole nitrogens is 1. The number of benzene rings is 2. The highest BCUT2D eigenvalue weighted by Gasteiger charge is 2.36. The molecule has 0 unspecified atom stereocenters. The van der Waals surface area contributed by atoms with Crippen LogP contribution >= 0.6 is 0 Å². The van der Waals surface area contributed by atoms with Crippen LogP contribution in [0.4, 0.5) is 5.69 Å². The molecule has 0 aliphatic carbocycles. The van der Waals surface area contributed by atoms with E-state index in [0.717, 1.165) is 4.90 Å². The van der Waals surface area contributed by atoms with Gasteiger partial charge in [0.05, 0.1) is 41.2 Å². The van der Waals surface area contributed by atoms with Crippen molar-refractivity contribution in [2.45, 2.75) is 0 Å². The minimum absolute atomic E-state index is 0.207. The van der Waals surface area contributed by atoms with E-state index in [1.807, 2.05) is 0 Å². The summed E-state index contributed by atoms with van der Waals surface area (Å²) in [6, 6.07) is 9.70. The summed E-state index contributed by atoms with van der Waals surface area (Å²) in [6.45, 7) is 0. The Kier molecular flexibility index (Phi) is 2.96. The van der Waals surface area contributed by atoms with Gasteiger partial charge in [-0.2, -0.15) is 5.10 Å². The molecular formula is C17H11N3O4. The van der Waals surface area contributed by atoms with Gasteiger partial charge >= 0.3 is 5.97 Å². The van der Waals surface area contributed by atoms with E-state index in [0.29, 0.717) is 27.7 Å². The number of ether oxygens (including phenoxy) is 1. The third kappa shape index (κ3) is 1.84. The number of carbonyl (C=O) groups is 3. The number of hydrogen-bond donors (Lipinski definition) is 1. The lowest BCUT2D eigenvalue weighted by atomic mass is 10.1. The van der Waals surface area contributed by atoms with Crippen LogP contribution in [0.5, 0.6) is 0 Å². The van der Waals surface area contributed by atoms with Crippen LogP contribution in [0.2, 0.25) is 0 Å². The van der Waals surface area contributed by atoms with Gasteiger partial charge in [-0.05, 0) is 24.3 Å². The molecule has 2 amide bonds. The fraction of sp³-hybridized carbons (Fsp3) is 0.0588. The average Bonchev–Trinajstić information content (AvgIpc) is 3.17. The first-order chi connectivity index (χ1) is 11.6. The highest BCUT2D eigenvalue weighted by atomic mass is 16.5. The van der Waals surface area contributed by atoms with Crippen molar-refractivity contribution in [2.75, 3.05) is 12.0 Å². The predicted molar refractivity (Wildman–Crippen MR) is 85.0 cm³/mol. The van der Waals surface area contributed by atoms with Gasteiger partial charge in [-0.3, -0.25) is 14.7 Å². The molecule has 4 rings (SSSR count). The second-order valence-corrected chi connectivity index (χ2v) is 5.31. The van der Waals surface area contributed by atoms with Crippen molar-refractivity contribution in [2.24, 2.45) is 0 Å².